The third-order valence-electron chi connectivity index (χ3n) is 8.24. The van der Waals surface area contributed by atoms with Gasteiger partial charge in [-0.25, -0.2) is 27.8 Å². The number of hydrogen-bond acceptors (Lipinski definition) is 10. The van der Waals surface area contributed by atoms with Gasteiger partial charge in [0.2, 0.25) is 27.8 Å². The maximum absolute atomic E-state index is 15.3. The SMILES string of the molecule is COc1ncc(-c2nc(N3CCOCC3)nc3c(CN4CCC(N5CCCC5=O)CC4)cc(F)cc23)cc1NS(C)(=O)=O. The summed E-state index contributed by atoms with van der Waals surface area (Å²) in [7, 11) is -2.23. The molecule has 230 valence electrons. The molecule has 0 aliphatic carbocycles. The highest BCUT2D eigenvalue weighted by molar-refractivity contribution is 7.92. The number of benzene rings is 1. The van der Waals surface area contributed by atoms with Gasteiger partial charge >= 0.3 is 0 Å². The molecule has 43 heavy (non-hydrogen) atoms. The first kappa shape index (κ1) is 29.5. The van der Waals surface area contributed by atoms with E-state index in [4.69, 9.17) is 19.4 Å². The van der Waals surface area contributed by atoms with Crippen molar-refractivity contribution >= 4 is 38.5 Å². The number of pyridine rings is 1. The molecule has 3 aliphatic heterocycles. The highest BCUT2D eigenvalue weighted by Gasteiger charge is 2.31. The first-order valence-corrected chi connectivity index (χ1v) is 16.4. The zero-order chi connectivity index (χ0) is 30.1. The molecule has 1 N–H and O–H groups in total. The number of aromatic nitrogens is 3. The molecule has 0 bridgehead atoms. The number of methoxy groups -OCH3 is 1. The maximum Gasteiger partial charge on any atom is 0.238 e. The number of piperidine rings is 1. The van der Waals surface area contributed by atoms with Gasteiger partial charge in [0.15, 0.2) is 0 Å². The number of nitrogens with one attached hydrogen (secondary N) is 1. The number of sulfonamides is 1. The van der Waals surface area contributed by atoms with Gasteiger partial charge in [-0.1, -0.05) is 0 Å². The molecule has 3 fully saturated rings. The maximum atomic E-state index is 15.3. The summed E-state index contributed by atoms with van der Waals surface area (Å²) >= 11 is 0. The van der Waals surface area contributed by atoms with E-state index in [1.165, 1.54) is 25.4 Å². The lowest BCUT2D eigenvalue weighted by molar-refractivity contribution is -0.130. The normalized spacial score (nSPS) is 18.9. The molecule has 2 aromatic heterocycles. The number of carbonyl (C=O) groups excluding carboxylic acids is 1. The van der Waals surface area contributed by atoms with Gasteiger partial charge in [-0.2, -0.15) is 0 Å². The summed E-state index contributed by atoms with van der Waals surface area (Å²) in [6.07, 6.45) is 5.91. The summed E-state index contributed by atoms with van der Waals surface area (Å²) in [5, 5.41) is 0.502. The van der Waals surface area contributed by atoms with Crippen molar-refractivity contribution in [3.05, 3.63) is 35.8 Å². The first-order valence-electron chi connectivity index (χ1n) is 14.6. The smallest absolute Gasteiger partial charge is 0.238 e. The quantitative estimate of drug-likeness (QED) is 0.405. The monoisotopic (exact) mass is 613 g/mol. The minimum absolute atomic E-state index is 0.104. The third kappa shape index (κ3) is 6.50. The Morgan fingerprint density at radius 2 is 1.86 bits per heavy atom. The van der Waals surface area contributed by atoms with Gasteiger partial charge in [-0.3, -0.25) is 14.4 Å². The van der Waals surface area contributed by atoms with E-state index in [1.54, 1.807) is 6.07 Å². The Bertz CT molecular complexity index is 1630. The van der Waals surface area contributed by atoms with Crippen molar-refractivity contribution in [2.45, 2.75) is 38.3 Å². The average Bonchev–Trinajstić information content (AvgIpc) is 3.42. The standard InChI is InChI=1S/C29H36FN7O5S/c1-41-28-24(34-43(2,39)40)15-19(17-31-28)26-23-16-21(30)14-20(27(23)33-29(32-26)36-10-12-42-13-11-36)18-35-8-5-22(6-9-35)37-7-3-4-25(37)38/h14-17,22,34H,3-13,18H2,1-2H3. The number of amides is 1. The first-order chi connectivity index (χ1) is 20.7. The van der Waals surface area contributed by atoms with E-state index in [2.05, 4.69) is 14.6 Å². The summed E-state index contributed by atoms with van der Waals surface area (Å²) in [5.74, 6) is 0.419. The molecule has 1 amide bonds. The summed E-state index contributed by atoms with van der Waals surface area (Å²) in [6, 6.07) is 4.79. The van der Waals surface area contributed by atoms with Crippen molar-refractivity contribution < 1.29 is 27.1 Å². The number of morpholine rings is 1. The molecule has 0 spiro atoms. The second kappa shape index (κ2) is 12.2. The van der Waals surface area contributed by atoms with Crippen LogP contribution in [0.1, 0.15) is 31.2 Å². The van der Waals surface area contributed by atoms with Crippen LogP contribution < -0.4 is 14.4 Å². The highest BCUT2D eigenvalue weighted by atomic mass is 32.2. The average molecular weight is 614 g/mol. The van der Waals surface area contributed by atoms with Gasteiger partial charge in [0, 0.05) is 68.9 Å². The fraction of sp³-hybridized carbons (Fsp3) is 0.517. The van der Waals surface area contributed by atoms with Crippen LogP contribution in [0.2, 0.25) is 0 Å². The number of anilines is 2. The molecule has 1 aromatic carbocycles. The second-order valence-electron chi connectivity index (χ2n) is 11.3. The van der Waals surface area contributed by atoms with Gasteiger partial charge < -0.3 is 19.3 Å². The van der Waals surface area contributed by atoms with E-state index in [9.17, 15) is 13.2 Å². The second-order valence-corrected chi connectivity index (χ2v) is 13.0. The Hall–Kier alpha value is -3.62. The number of ether oxygens (including phenoxy) is 2. The summed E-state index contributed by atoms with van der Waals surface area (Å²) < 4.78 is 52.7. The van der Waals surface area contributed by atoms with E-state index in [-0.39, 0.29) is 23.5 Å². The lowest BCUT2D eigenvalue weighted by Crippen LogP contribution is -2.45. The van der Waals surface area contributed by atoms with Crippen LogP contribution in [-0.2, 0) is 26.1 Å². The Morgan fingerprint density at radius 1 is 1.09 bits per heavy atom. The molecule has 5 heterocycles. The lowest BCUT2D eigenvalue weighted by atomic mass is 10.0. The van der Waals surface area contributed by atoms with E-state index in [0.29, 0.717) is 67.4 Å². The summed E-state index contributed by atoms with van der Waals surface area (Å²) in [5.41, 5.74) is 2.43. The lowest BCUT2D eigenvalue weighted by Gasteiger charge is -2.36. The largest absolute Gasteiger partial charge is 0.480 e. The van der Waals surface area contributed by atoms with Crippen molar-refractivity contribution in [2.75, 3.05) is 68.9 Å². The van der Waals surface area contributed by atoms with Gasteiger partial charge in [-0.15, -0.1) is 0 Å². The number of fused-ring (bicyclic) bond motifs is 1. The van der Waals surface area contributed by atoms with Crippen molar-refractivity contribution in [3.63, 3.8) is 0 Å². The van der Waals surface area contributed by atoms with E-state index >= 15 is 4.39 Å². The van der Waals surface area contributed by atoms with Crippen molar-refractivity contribution in [3.8, 4) is 17.1 Å². The summed E-state index contributed by atoms with van der Waals surface area (Å²) in [6.45, 7) is 5.20. The molecule has 0 atom stereocenters. The summed E-state index contributed by atoms with van der Waals surface area (Å²) in [4.78, 5) is 32.7. The molecule has 0 saturated carbocycles. The molecule has 0 unspecified atom stereocenters. The fourth-order valence-corrected chi connectivity index (χ4v) is 6.75. The zero-order valence-electron chi connectivity index (χ0n) is 24.4. The Balaban J connectivity index is 1.39. The molecule has 6 rings (SSSR count). The number of nitrogens with zero attached hydrogens (tertiary/aromatic N) is 6. The molecule has 12 nitrogen and oxygen atoms in total. The molecule has 0 radical (unpaired) electrons. The number of carbonyl (C=O) groups is 1. The topological polar surface area (TPSA) is 130 Å². The van der Waals surface area contributed by atoms with Crippen LogP contribution in [0.25, 0.3) is 22.2 Å². The van der Waals surface area contributed by atoms with E-state index in [0.717, 1.165) is 50.7 Å². The van der Waals surface area contributed by atoms with Gasteiger partial charge in [-0.05, 0) is 43.0 Å². The predicted molar refractivity (Wildman–Crippen MR) is 160 cm³/mol. The van der Waals surface area contributed by atoms with Crippen LogP contribution in [0.15, 0.2) is 24.4 Å². The molecule has 14 heteroatoms. The zero-order valence-corrected chi connectivity index (χ0v) is 25.2. The predicted octanol–water partition coefficient (Wildman–Crippen LogP) is 2.63. The van der Waals surface area contributed by atoms with Crippen molar-refractivity contribution in [2.24, 2.45) is 0 Å². The van der Waals surface area contributed by atoms with Crippen LogP contribution in [0.4, 0.5) is 16.0 Å². The van der Waals surface area contributed by atoms with Crippen LogP contribution in [0.3, 0.4) is 0 Å². The number of halogens is 1. The van der Waals surface area contributed by atoms with Gasteiger partial charge in [0.05, 0.1) is 37.8 Å². The van der Waals surface area contributed by atoms with Crippen LogP contribution >= 0.6 is 0 Å². The van der Waals surface area contributed by atoms with Gasteiger partial charge in [0.25, 0.3) is 0 Å². The van der Waals surface area contributed by atoms with E-state index in [1.807, 2.05) is 9.80 Å². The molecule has 3 aromatic rings. The minimum atomic E-state index is -3.63. The molecule has 3 aliphatic rings. The van der Waals surface area contributed by atoms with Gasteiger partial charge in [0.1, 0.15) is 11.5 Å². The van der Waals surface area contributed by atoms with Crippen LogP contribution in [0.5, 0.6) is 5.88 Å². The molecule has 3 saturated heterocycles. The van der Waals surface area contributed by atoms with Crippen LogP contribution in [0, 0.1) is 5.82 Å². The fourth-order valence-electron chi connectivity index (χ4n) is 6.20. The number of likely N-dealkylation sites (tertiary alicyclic amines) is 2. The van der Waals surface area contributed by atoms with E-state index < -0.39 is 15.8 Å². The number of hydrogen-bond donors (Lipinski definition) is 1. The van der Waals surface area contributed by atoms with Crippen molar-refractivity contribution in [1.29, 1.82) is 0 Å². The van der Waals surface area contributed by atoms with Crippen LogP contribution in [-0.4, -0.2) is 104 Å². The number of rotatable bonds is 8. The highest BCUT2D eigenvalue weighted by Crippen LogP contribution is 2.35. The third-order valence-corrected chi connectivity index (χ3v) is 8.83. The Kier molecular flexibility index (Phi) is 8.34. The Morgan fingerprint density at radius 3 is 2.53 bits per heavy atom. The molecular weight excluding hydrogens is 577 g/mol. The van der Waals surface area contributed by atoms with Crippen molar-refractivity contribution in [1.82, 2.24) is 24.8 Å². The Labute approximate surface area is 250 Å². The minimum Gasteiger partial charge on any atom is -0.480 e. The molecular formula is C29H36FN7O5S.